The second-order valence-corrected chi connectivity index (χ2v) is 10.8. The normalized spacial score (nSPS) is 11.2. The lowest BCUT2D eigenvalue weighted by molar-refractivity contribution is 0.0512. The first-order chi connectivity index (χ1) is 22.6. The molecule has 2 aromatic heterocycles. The van der Waals surface area contributed by atoms with Crippen molar-refractivity contribution >= 4 is 33.9 Å². The number of hydrogen-bond acceptors (Lipinski definition) is 6. The Bertz CT molecular complexity index is 2050. The van der Waals surface area contributed by atoms with Crippen molar-refractivity contribution < 1.29 is 27.9 Å². The summed E-state index contributed by atoms with van der Waals surface area (Å²) in [5, 5.41) is 1.72. The molecule has 0 spiro atoms. The van der Waals surface area contributed by atoms with Gasteiger partial charge in [0.15, 0.2) is 0 Å². The van der Waals surface area contributed by atoms with Gasteiger partial charge in [0.1, 0.15) is 22.7 Å². The molecule has 7 rings (SSSR count). The molecule has 6 heteroatoms. The van der Waals surface area contributed by atoms with Crippen LogP contribution >= 0.6 is 0 Å². The van der Waals surface area contributed by atoms with Gasteiger partial charge in [-0.25, -0.2) is 9.59 Å². The number of esters is 2. The molecule has 46 heavy (non-hydrogen) atoms. The van der Waals surface area contributed by atoms with Gasteiger partial charge in [0, 0.05) is 33.0 Å². The molecule has 0 atom stereocenters. The Hall–Kier alpha value is -5.88. The Morgan fingerprint density at radius 1 is 0.500 bits per heavy atom. The van der Waals surface area contributed by atoms with Crippen molar-refractivity contribution in [2.24, 2.45) is 0 Å². The third kappa shape index (κ3) is 5.24. The number of carbonyl (C=O) groups excluding carboxylic acids is 2. The molecule has 0 radical (unpaired) electrons. The topological polar surface area (TPSA) is 78.9 Å². The lowest BCUT2D eigenvalue weighted by Crippen LogP contribution is -2.11. The molecule has 0 saturated heterocycles. The van der Waals surface area contributed by atoms with Gasteiger partial charge in [-0.1, -0.05) is 97.1 Å². The van der Waals surface area contributed by atoms with E-state index in [0.29, 0.717) is 33.8 Å². The van der Waals surface area contributed by atoms with E-state index < -0.39 is 11.9 Å². The number of carbonyl (C=O) groups is 2. The number of furan rings is 2. The quantitative estimate of drug-likeness (QED) is 0.160. The van der Waals surface area contributed by atoms with Crippen molar-refractivity contribution in [3.63, 3.8) is 0 Å². The predicted octanol–water partition coefficient (Wildman–Crippen LogP) is 10.2. The molecule has 226 valence electrons. The average molecular weight is 607 g/mol. The van der Waals surface area contributed by atoms with E-state index >= 15 is 0 Å². The molecular formula is C40H30O6. The van der Waals surface area contributed by atoms with Crippen LogP contribution in [-0.4, -0.2) is 25.2 Å². The van der Waals surface area contributed by atoms with Crippen LogP contribution in [0.5, 0.6) is 0 Å². The molecule has 0 aliphatic heterocycles. The van der Waals surface area contributed by atoms with Crippen LogP contribution in [0, 0.1) is 0 Å². The maximum atomic E-state index is 13.5. The molecule has 0 aliphatic carbocycles. The van der Waals surface area contributed by atoms with Gasteiger partial charge in [-0.05, 0) is 49.2 Å². The summed E-state index contributed by atoms with van der Waals surface area (Å²) in [5.41, 5.74) is 6.51. The van der Waals surface area contributed by atoms with Crippen molar-refractivity contribution in [2.75, 3.05) is 13.2 Å². The Labute approximate surface area is 265 Å². The number of hydrogen-bond donors (Lipinski definition) is 0. The number of benzene rings is 5. The van der Waals surface area contributed by atoms with Gasteiger partial charge in [0.25, 0.3) is 0 Å². The molecule has 0 unspecified atom stereocenters. The Morgan fingerprint density at radius 2 is 0.913 bits per heavy atom. The maximum Gasteiger partial charge on any atom is 0.338 e. The maximum absolute atomic E-state index is 13.5. The largest absolute Gasteiger partial charge is 0.462 e. The van der Waals surface area contributed by atoms with E-state index in [4.69, 9.17) is 18.3 Å². The van der Waals surface area contributed by atoms with Crippen LogP contribution < -0.4 is 0 Å². The van der Waals surface area contributed by atoms with E-state index in [9.17, 15) is 9.59 Å². The van der Waals surface area contributed by atoms with Crippen molar-refractivity contribution in [1.29, 1.82) is 0 Å². The molecular weight excluding hydrogens is 576 g/mol. The second kappa shape index (κ2) is 12.3. The Balaban J connectivity index is 1.45. The molecule has 0 amide bonds. The molecule has 0 bridgehead atoms. The summed E-state index contributed by atoms with van der Waals surface area (Å²) in [4.78, 5) is 27.1. The second-order valence-electron chi connectivity index (χ2n) is 10.8. The molecule has 2 heterocycles. The summed E-state index contributed by atoms with van der Waals surface area (Å²) in [7, 11) is 0. The minimum absolute atomic E-state index is 0.177. The van der Waals surface area contributed by atoms with E-state index in [2.05, 4.69) is 0 Å². The smallest absolute Gasteiger partial charge is 0.338 e. The fourth-order valence-corrected chi connectivity index (χ4v) is 5.84. The zero-order valence-corrected chi connectivity index (χ0v) is 25.4. The molecule has 0 saturated carbocycles. The molecule has 7 aromatic rings. The van der Waals surface area contributed by atoms with Gasteiger partial charge >= 0.3 is 11.9 Å². The zero-order valence-electron chi connectivity index (χ0n) is 25.4. The van der Waals surface area contributed by atoms with Crippen molar-refractivity contribution in [3.05, 3.63) is 132 Å². The summed E-state index contributed by atoms with van der Waals surface area (Å²) in [6.45, 7) is 3.86. The summed E-state index contributed by atoms with van der Waals surface area (Å²) < 4.78 is 24.0. The van der Waals surface area contributed by atoms with E-state index in [1.54, 1.807) is 26.0 Å². The Kier molecular flexibility index (Phi) is 7.69. The van der Waals surface area contributed by atoms with Gasteiger partial charge < -0.3 is 18.3 Å². The summed E-state index contributed by atoms with van der Waals surface area (Å²) >= 11 is 0. The number of ether oxygens (including phenoxy) is 2. The van der Waals surface area contributed by atoms with Crippen LogP contribution in [0.15, 0.2) is 130 Å². The third-order valence-electron chi connectivity index (χ3n) is 7.94. The SMILES string of the molecule is CCOC(=O)c1cc(-c2cc3cccc(-c4ccccc4)c3o2)c(C(=O)OCC)cc1-c1cc2cccc(-c3ccccc3)c2o1. The van der Waals surface area contributed by atoms with Crippen LogP contribution in [0.4, 0.5) is 0 Å². The number of fused-ring (bicyclic) bond motifs is 2. The van der Waals surface area contributed by atoms with Crippen LogP contribution in [0.25, 0.3) is 66.8 Å². The van der Waals surface area contributed by atoms with Gasteiger partial charge in [0.05, 0.1) is 24.3 Å². The third-order valence-corrected chi connectivity index (χ3v) is 7.94. The lowest BCUT2D eigenvalue weighted by Gasteiger charge is -2.13. The number of rotatable bonds is 8. The van der Waals surface area contributed by atoms with Crippen molar-refractivity contribution in [2.45, 2.75) is 13.8 Å². The highest BCUT2D eigenvalue weighted by molar-refractivity contribution is 6.06. The zero-order chi connectivity index (χ0) is 31.6. The fourth-order valence-electron chi connectivity index (χ4n) is 5.84. The summed E-state index contributed by atoms with van der Waals surface area (Å²) in [6.07, 6.45) is 0. The van der Waals surface area contributed by atoms with Crippen molar-refractivity contribution in [1.82, 2.24) is 0 Å². The van der Waals surface area contributed by atoms with E-state index in [1.807, 2.05) is 109 Å². The van der Waals surface area contributed by atoms with Crippen LogP contribution in [0.1, 0.15) is 34.6 Å². The summed E-state index contributed by atoms with van der Waals surface area (Å²) in [6, 6.07) is 38.8. The lowest BCUT2D eigenvalue weighted by atomic mass is 9.95. The first kappa shape index (κ1) is 28.9. The first-order valence-corrected chi connectivity index (χ1v) is 15.2. The average Bonchev–Trinajstić information content (AvgIpc) is 3.73. The molecule has 0 aliphatic rings. The standard InChI is InChI=1S/C40H30O6/c1-3-43-39(41)33-23-32(36-22-28-18-12-20-30(38(28)46-36)26-15-9-6-10-16-26)34(40(42)44-4-2)24-31(33)35-21-27-17-11-19-29(37(27)45-35)25-13-7-5-8-14-25/h5-24H,3-4H2,1-2H3. The molecule has 6 nitrogen and oxygen atoms in total. The van der Waals surface area contributed by atoms with E-state index in [-0.39, 0.29) is 24.3 Å². The van der Waals surface area contributed by atoms with E-state index in [0.717, 1.165) is 33.0 Å². The predicted molar refractivity (Wildman–Crippen MR) is 180 cm³/mol. The number of para-hydroxylation sites is 2. The van der Waals surface area contributed by atoms with Gasteiger partial charge in [0.2, 0.25) is 0 Å². The van der Waals surface area contributed by atoms with Gasteiger partial charge in [-0.3, -0.25) is 0 Å². The van der Waals surface area contributed by atoms with Crippen molar-refractivity contribution in [3.8, 4) is 44.9 Å². The van der Waals surface area contributed by atoms with Crippen LogP contribution in [0.2, 0.25) is 0 Å². The van der Waals surface area contributed by atoms with Crippen LogP contribution in [-0.2, 0) is 9.47 Å². The van der Waals surface area contributed by atoms with E-state index in [1.165, 1.54) is 0 Å². The minimum Gasteiger partial charge on any atom is -0.462 e. The highest BCUT2D eigenvalue weighted by Gasteiger charge is 2.26. The highest BCUT2D eigenvalue weighted by Crippen LogP contribution is 2.41. The first-order valence-electron chi connectivity index (χ1n) is 15.2. The van der Waals surface area contributed by atoms with Crippen LogP contribution in [0.3, 0.4) is 0 Å². The Morgan fingerprint density at radius 3 is 1.30 bits per heavy atom. The monoisotopic (exact) mass is 606 g/mol. The van der Waals surface area contributed by atoms with Gasteiger partial charge in [-0.15, -0.1) is 0 Å². The summed E-state index contributed by atoms with van der Waals surface area (Å²) in [5.74, 6) is -0.234. The van der Waals surface area contributed by atoms with Gasteiger partial charge in [-0.2, -0.15) is 0 Å². The fraction of sp³-hybridized carbons (Fsp3) is 0.100. The molecule has 0 fully saturated rings. The molecule has 5 aromatic carbocycles. The highest BCUT2D eigenvalue weighted by atomic mass is 16.5. The molecule has 0 N–H and O–H groups in total. The minimum atomic E-state index is -0.543.